The molecule has 1 heterocycles. The van der Waals surface area contributed by atoms with E-state index in [0.717, 1.165) is 23.9 Å². The number of nitrogens with one attached hydrogen (secondary N) is 1. The zero-order valence-electron chi connectivity index (χ0n) is 12.3. The van der Waals surface area contributed by atoms with Crippen LogP contribution in [0.2, 0.25) is 0 Å². The minimum absolute atomic E-state index is 0.0398. The van der Waals surface area contributed by atoms with Gasteiger partial charge in [-0.2, -0.15) is 13.2 Å². The maximum atomic E-state index is 12.6. The summed E-state index contributed by atoms with van der Waals surface area (Å²) in [5, 5.41) is 2.27. The first kappa shape index (κ1) is 17.3. The van der Waals surface area contributed by atoms with E-state index in [2.05, 4.69) is 10.3 Å². The van der Waals surface area contributed by atoms with Crippen LogP contribution in [-0.4, -0.2) is 41.2 Å². The van der Waals surface area contributed by atoms with Crippen molar-refractivity contribution in [3.8, 4) is 0 Å². The summed E-state index contributed by atoms with van der Waals surface area (Å²) in [5.41, 5.74) is -0.806. The lowest BCUT2D eigenvalue weighted by Gasteiger charge is -2.11. The molecule has 0 aliphatic carbocycles. The van der Waals surface area contributed by atoms with E-state index in [-0.39, 0.29) is 18.0 Å². The van der Waals surface area contributed by atoms with Crippen molar-refractivity contribution in [2.45, 2.75) is 17.8 Å². The number of hydrogen-bond donors (Lipinski definition) is 1. The van der Waals surface area contributed by atoms with Crippen LogP contribution in [0, 0.1) is 0 Å². The first-order valence-electron chi connectivity index (χ1n) is 6.60. The molecular weight excluding hydrogens is 331 g/mol. The summed E-state index contributed by atoms with van der Waals surface area (Å²) in [6, 6.07) is 4.35. The zero-order chi connectivity index (χ0) is 17.2. The molecule has 1 aliphatic heterocycles. The van der Waals surface area contributed by atoms with Crippen molar-refractivity contribution < 1.29 is 22.8 Å². The van der Waals surface area contributed by atoms with Crippen LogP contribution in [0.15, 0.2) is 29.3 Å². The Labute approximate surface area is 134 Å². The van der Waals surface area contributed by atoms with Gasteiger partial charge in [-0.1, -0.05) is 17.8 Å². The number of amidine groups is 1. The highest BCUT2D eigenvalue weighted by molar-refractivity contribution is 8.15. The van der Waals surface area contributed by atoms with Gasteiger partial charge in [-0.05, 0) is 18.2 Å². The minimum Gasteiger partial charge on any atom is -0.326 e. The third-order valence-electron chi connectivity index (χ3n) is 3.18. The van der Waals surface area contributed by atoms with Crippen LogP contribution in [0.25, 0.3) is 0 Å². The zero-order valence-corrected chi connectivity index (χ0v) is 13.2. The summed E-state index contributed by atoms with van der Waals surface area (Å²) in [5.74, 6) is -0.782. The van der Waals surface area contributed by atoms with Gasteiger partial charge in [-0.15, -0.1) is 0 Å². The number of halogens is 3. The van der Waals surface area contributed by atoms with Crippen LogP contribution < -0.4 is 5.32 Å². The number of benzene rings is 1. The van der Waals surface area contributed by atoms with Gasteiger partial charge >= 0.3 is 6.18 Å². The van der Waals surface area contributed by atoms with Crippen molar-refractivity contribution in [2.24, 2.45) is 4.99 Å². The highest BCUT2D eigenvalue weighted by atomic mass is 32.2. The van der Waals surface area contributed by atoms with Gasteiger partial charge in [0.25, 0.3) is 0 Å². The topological polar surface area (TPSA) is 61.8 Å². The minimum atomic E-state index is -4.48. The van der Waals surface area contributed by atoms with Gasteiger partial charge in [0.2, 0.25) is 11.8 Å². The number of thioether (sulfide) groups is 1. The third kappa shape index (κ3) is 4.04. The second kappa shape index (κ2) is 6.61. The molecule has 1 aliphatic rings. The summed E-state index contributed by atoms with van der Waals surface area (Å²) < 4.78 is 37.9. The van der Waals surface area contributed by atoms with Gasteiger partial charge in [0.1, 0.15) is 5.25 Å². The Morgan fingerprint density at radius 3 is 2.70 bits per heavy atom. The number of anilines is 1. The number of alkyl halides is 3. The smallest absolute Gasteiger partial charge is 0.326 e. The normalized spacial score (nSPS) is 20.2. The predicted molar refractivity (Wildman–Crippen MR) is 82.2 cm³/mol. The van der Waals surface area contributed by atoms with Gasteiger partial charge in [-0.25, -0.2) is 0 Å². The molecule has 1 saturated heterocycles. The Hall–Kier alpha value is -2.03. The first-order chi connectivity index (χ1) is 10.7. The van der Waals surface area contributed by atoms with Crippen LogP contribution in [0.1, 0.15) is 12.0 Å². The Morgan fingerprint density at radius 2 is 2.13 bits per heavy atom. The van der Waals surface area contributed by atoms with E-state index in [1.54, 1.807) is 7.05 Å². The molecule has 2 rings (SSSR count). The Balaban J connectivity index is 2.02. The second-order valence-corrected chi connectivity index (χ2v) is 6.01. The predicted octanol–water partition coefficient (Wildman–Crippen LogP) is 2.59. The van der Waals surface area contributed by atoms with E-state index >= 15 is 0 Å². The maximum Gasteiger partial charge on any atom is 0.416 e. The summed E-state index contributed by atoms with van der Waals surface area (Å²) >= 11 is 1.16. The molecule has 1 N–H and O–H groups in total. The van der Waals surface area contributed by atoms with Crippen molar-refractivity contribution in [3.05, 3.63) is 29.8 Å². The lowest BCUT2D eigenvalue weighted by molar-refractivity contribution is -0.137. The number of nitrogens with zero attached hydrogens (tertiary/aromatic N) is 2. The van der Waals surface area contributed by atoms with Crippen molar-refractivity contribution >= 4 is 34.4 Å². The average molecular weight is 345 g/mol. The largest absolute Gasteiger partial charge is 0.416 e. The molecule has 1 aromatic rings. The van der Waals surface area contributed by atoms with Gasteiger partial charge in [0.05, 0.1) is 5.56 Å². The van der Waals surface area contributed by atoms with Crippen molar-refractivity contribution in [2.75, 3.05) is 19.4 Å². The summed E-state index contributed by atoms with van der Waals surface area (Å²) in [4.78, 5) is 29.2. The summed E-state index contributed by atoms with van der Waals surface area (Å²) in [7, 11) is 3.10. The number of carbonyl (C=O) groups excluding carboxylic acids is 2. The molecule has 23 heavy (non-hydrogen) atoms. The number of amides is 2. The molecule has 5 nitrogen and oxygen atoms in total. The Morgan fingerprint density at radius 1 is 1.43 bits per heavy atom. The van der Waals surface area contributed by atoms with Crippen molar-refractivity contribution in [1.82, 2.24) is 4.90 Å². The van der Waals surface area contributed by atoms with Crippen LogP contribution in [0.4, 0.5) is 18.9 Å². The molecule has 1 fully saturated rings. The molecule has 1 unspecified atom stereocenters. The number of carbonyl (C=O) groups is 2. The number of rotatable bonds is 3. The van der Waals surface area contributed by atoms with Gasteiger partial charge in [0.15, 0.2) is 5.17 Å². The van der Waals surface area contributed by atoms with E-state index < -0.39 is 22.9 Å². The van der Waals surface area contributed by atoms with E-state index in [1.807, 2.05) is 0 Å². The maximum absolute atomic E-state index is 12.6. The van der Waals surface area contributed by atoms with Crippen LogP contribution in [0.5, 0.6) is 0 Å². The molecule has 0 spiro atoms. The fraction of sp³-hybridized carbons (Fsp3) is 0.357. The Kier molecular flexibility index (Phi) is 4.98. The fourth-order valence-electron chi connectivity index (χ4n) is 2.05. The third-order valence-corrected chi connectivity index (χ3v) is 4.50. The van der Waals surface area contributed by atoms with E-state index in [4.69, 9.17) is 0 Å². The SMILES string of the molecule is CN=C1SC(CC(=O)Nc2cccc(C(F)(F)F)c2)C(=O)N1C. The molecule has 9 heteroatoms. The van der Waals surface area contributed by atoms with Gasteiger partial charge in [0, 0.05) is 26.2 Å². The average Bonchev–Trinajstić information content (AvgIpc) is 2.74. The molecule has 124 valence electrons. The number of aliphatic imine (C=N–C) groups is 1. The Bertz CT molecular complexity index is 661. The molecular formula is C14H14F3N3O2S. The van der Waals surface area contributed by atoms with Crippen LogP contribution in [0.3, 0.4) is 0 Å². The van der Waals surface area contributed by atoms with Crippen molar-refractivity contribution in [3.63, 3.8) is 0 Å². The van der Waals surface area contributed by atoms with E-state index in [9.17, 15) is 22.8 Å². The quantitative estimate of drug-likeness (QED) is 0.916. The van der Waals surface area contributed by atoms with Gasteiger partial charge < -0.3 is 5.32 Å². The van der Waals surface area contributed by atoms with E-state index in [0.29, 0.717) is 5.17 Å². The monoisotopic (exact) mass is 345 g/mol. The van der Waals surface area contributed by atoms with Crippen LogP contribution in [-0.2, 0) is 15.8 Å². The first-order valence-corrected chi connectivity index (χ1v) is 7.48. The molecule has 1 atom stereocenters. The van der Waals surface area contributed by atoms with Crippen molar-refractivity contribution in [1.29, 1.82) is 0 Å². The molecule has 0 saturated carbocycles. The highest BCUT2D eigenvalue weighted by Gasteiger charge is 2.36. The standard InChI is InChI=1S/C14H14F3N3O2S/c1-18-13-20(2)12(22)10(23-13)7-11(21)19-9-5-3-4-8(6-9)14(15,16)17/h3-6,10H,7H2,1-2H3,(H,19,21). The second-order valence-electron chi connectivity index (χ2n) is 4.84. The van der Waals surface area contributed by atoms with Gasteiger partial charge in [-0.3, -0.25) is 19.5 Å². The lowest BCUT2D eigenvalue weighted by atomic mass is 10.2. The van der Waals surface area contributed by atoms with E-state index in [1.165, 1.54) is 24.1 Å². The molecule has 0 bridgehead atoms. The fourth-order valence-corrected chi connectivity index (χ4v) is 3.15. The molecule has 0 radical (unpaired) electrons. The summed E-state index contributed by atoms with van der Waals surface area (Å²) in [6.45, 7) is 0. The van der Waals surface area contributed by atoms with Crippen LogP contribution >= 0.6 is 11.8 Å². The molecule has 2 amide bonds. The number of hydrogen-bond acceptors (Lipinski definition) is 4. The highest BCUT2D eigenvalue weighted by Crippen LogP contribution is 2.31. The molecule has 0 aromatic heterocycles. The lowest BCUT2D eigenvalue weighted by Crippen LogP contribution is -2.30. The summed E-state index contributed by atoms with van der Waals surface area (Å²) in [6.07, 6.45) is -4.61. The molecule has 1 aromatic carbocycles.